The number of hydrogen-bond donors (Lipinski definition) is 2. The van der Waals surface area contributed by atoms with Crippen LogP contribution in [0.1, 0.15) is 29.7 Å². The van der Waals surface area contributed by atoms with E-state index >= 15 is 0 Å². The average Bonchev–Trinajstić information content (AvgIpc) is 3.17. The van der Waals surface area contributed by atoms with Crippen molar-refractivity contribution in [2.24, 2.45) is 0 Å². The number of amides is 1. The Labute approximate surface area is 171 Å². The molecule has 1 aliphatic heterocycles. The SMILES string of the molecule is CC1=C(C(=O)Nc2ccc(C)cc2C)[C@@H](c2cccc([N+](=O)[O-])c2)n2nnnc2N1. The summed E-state index contributed by atoms with van der Waals surface area (Å²) in [7, 11) is 0. The third kappa shape index (κ3) is 3.39. The second kappa shape index (κ2) is 7.39. The zero-order valence-corrected chi connectivity index (χ0v) is 16.6. The number of nitrogens with one attached hydrogen (secondary N) is 2. The maximum Gasteiger partial charge on any atom is 0.269 e. The van der Waals surface area contributed by atoms with Crippen LogP contribution in [0, 0.1) is 24.0 Å². The Kier molecular flexibility index (Phi) is 4.74. The molecule has 2 N–H and O–H groups in total. The second-order valence-corrected chi connectivity index (χ2v) is 7.14. The van der Waals surface area contributed by atoms with Crippen LogP contribution in [0.25, 0.3) is 0 Å². The first-order valence-electron chi connectivity index (χ1n) is 9.24. The summed E-state index contributed by atoms with van der Waals surface area (Å²) in [5.41, 5.74) is 4.10. The summed E-state index contributed by atoms with van der Waals surface area (Å²) in [6.45, 7) is 5.65. The predicted molar refractivity (Wildman–Crippen MR) is 110 cm³/mol. The number of nitrogens with zero attached hydrogens (tertiary/aromatic N) is 5. The lowest BCUT2D eigenvalue weighted by Gasteiger charge is -2.28. The van der Waals surface area contributed by atoms with Crippen LogP contribution >= 0.6 is 0 Å². The molecule has 30 heavy (non-hydrogen) atoms. The molecule has 0 unspecified atom stereocenters. The van der Waals surface area contributed by atoms with Gasteiger partial charge in [0.2, 0.25) is 5.95 Å². The highest BCUT2D eigenvalue weighted by Crippen LogP contribution is 2.36. The molecule has 4 rings (SSSR count). The van der Waals surface area contributed by atoms with Gasteiger partial charge in [0.15, 0.2) is 0 Å². The van der Waals surface area contributed by atoms with Gasteiger partial charge in [-0.25, -0.2) is 0 Å². The summed E-state index contributed by atoms with van der Waals surface area (Å²) in [6.07, 6.45) is 0. The summed E-state index contributed by atoms with van der Waals surface area (Å²) in [6, 6.07) is 11.1. The minimum Gasteiger partial charge on any atom is -0.326 e. The number of hydrogen-bond acceptors (Lipinski definition) is 7. The van der Waals surface area contributed by atoms with Gasteiger partial charge in [-0.3, -0.25) is 14.9 Å². The predicted octanol–water partition coefficient (Wildman–Crippen LogP) is 3.13. The number of carbonyl (C=O) groups is 1. The summed E-state index contributed by atoms with van der Waals surface area (Å²) in [4.78, 5) is 24.1. The molecule has 10 heteroatoms. The highest BCUT2D eigenvalue weighted by atomic mass is 16.6. The van der Waals surface area contributed by atoms with Gasteiger partial charge in [-0.15, -0.1) is 0 Å². The fraction of sp³-hybridized carbons (Fsp3) is 0.200. The van der Waals surface area contributed by atoms with E-state index in [2.05, 4.69) is 26.2 Å². The van der Waals surface area contributed by atoms with Crippen LogP contribution in [-0.4, -0.2) is 31.0 Å². The van der Waals surface area contributed by atoms with Crippen LogP contribution < -0.4 is 10.6 Å². The van der Waals surface area contributed by atoms with E-state index < -0.39 is 11.0 Å². The first-order valence-corrected chi connectivity index (χ1v) is 9.24. The minimum absolute atomic E-state index is 0.0764. The molecule has 2 heterocycles. The molecular weight excluding hydrogens is 386 g/mol. The number of non-ortho nitro benzene ring substituents is 1. The molecule has 0 aliphatic carbocycles. The van der Waals surface area contributed by atoms with Crippen molar-refractivity contribution in [1.82, 2.24) is 20.2 Å². The number of allylic oxidation sites excluding steroid dienone is 1. The van der Waals surface area contributed by atoms with E-state index in [-0.39, 0.29) is 11.6 Å². The number of anilines is 2. The van der Waals surface area contributed by atoms with Crippen molar-refractivity contribution in [2.75, 3.05) is 10.6 Å². The van der Waals surface area contributed by atoms with Gasteiger partial charge in [-0.2, -0.15) is 4.68 Å². The van der Waals surface area contributed by atoms with Crippen LogP contribution in [0.15, 0.2) is 53.7 Å². The molecule has 1 aromatic heterocycles. The number of nitro benzene ring substituents is 1. The Morgan fingerprint density at radius 3 is 2.73 bits per heavy atom. The lowest BCUT2D eigenvalue weighted by atomic mass is 9.94. The summed E-state index contributed by atoms with van der Waals surface area (Å²) in [5.74, 6) is 0.0108. The molecule has 0 radical (unpaired) electrons. The monoisotopic (exact) mass is 405 g/mol. The highest BCUT2D eigenvalue weighted by Gasteiger charge is 2.34. The molecule has 0 saturated carbocycles. The molecule has 2 aromatic carbocycles. The minimum atomic E-state index is -0.720. The van der Waals surface area contributed by atoms with Crippen molar-refractivity contribution < 1.29 is 9.72 Å². The Morgan fingerprint density at radius 2 is 2.00 bits per heavy atom. The topological polar surface area (TPSA) is 128 Å². The molecule has 1 aliphatic rings. The van der Waals surface area contributed by atoms with Crippen molar-refractivity contribution >= 4 is 23.2 Å². The fourth-order valence-electron chi connectivity index (χ4n) is 3.57. The van der Waals surface area contributed by atoms with Crippen LogP contribution in [0.2, 0.25) is 0 Å². The maximum absolute atomic E-state index is 13.3. The summed E-state index contributed by atoms with van der Waals surface area (Å²) in [5, 5.41) is 28.9. The van der Waals surface area contributed by atoms with Gasteiger partial charge in [0.1, 0.15) is 6.04 Å². The number of nitro groups is 1. The fourth-order valence-corrected chi connectivity index (χ4v) is 3.57. The van der Waals surface area contributed by atoms with Gasteiger partial charge in [-0.05, 0) is 48.4 Å². The van der Waals surface area contributed by atoms with Crippen molar-refractivity contribution in [3.63, 3.8) is 0 Å². The van der Waals surface area contributed by atoms with Gasteiger partial charge >= 0.3 is 0 Å². The Hall–Kier alpha value is -4.08. The van der Waals surface area contributed by atoms with Crippen molar-refractivity contribution in [2.45, 2.75) is 26.8 Å². The van der Waals surface area contributed by atoms with Crippen LogP contribution in [0.4, 0.5) is 17.3 Å². The maximum atomic E-state index is 13.3. The van der Waals surface area contributed by atoms with Gasteiger partial charge in [0.25, 0.3) is 11.6 Å². The molecule has 0 spiro atoms. The zero-order chi connectivity index (χ0) is 21.4. The number of benzene rings is 2. The van der Waals surface area contributed by atoms with E-state index in [1.165, 1.54) is 16.8 Å². The van der Waals surface area contributed by atoms with E-state index in [1.807, 2.05) is 32.0 Å². The van der Waals surface area contributed by atoms with Gasteiger partial charge in [0.05, 0.1) is 10.5 Å². The van der Waals surface area contributed by atoms with Gasteiger partial charge in [0, 0.05) is 23.5 Å². The molecular formula is C20H19N7O3. The average molecular weight is 405 g/mol. The van der Waals surface area contributed by atoms with E-state index in [0.29, 0.717) is 28.5 Å². The van der Waals surface area contributed by atoms with Crippen molar-refractivity contribution in [1.29, 1.82) is 0 Å². The first kappa shape index (κ1) is 19.2. The molecule has 10 nitrogen and oxygen atoms in total. The summed E-state index contributed by atoms with van der Waals surface area (Å²) < 4.78 is 1.45. The highest BCUT2D eigenvalue weighted by molar-refractivity contribution is 6.06. The number of fused-ring (bicyclic) bond motifs is 1. The standard InChI is InChI=1S/C20H19N7O3/c1-11-7-8-16(12(2)9-11)22-19(28)17-13(3)21-20-23-24-25-26(20)18(17)14-5-4-6-15(10-14)27(29)30/h4-10,18H,1-3H3,(H,22,28)(H,21,23,25)/t18-/m1/s1. The van der Waals surface area contributed by atoms with Crippen molar-refractivity contribution in [3.05, 3.63) is 80.5 Å². The Balaban J connectivity index is 1.79. The van der Waals surface area contributed by atoms with Crippen LogP contribution in [-0.2, 0) is 4.79 Å². The quantitative estimate of drug-likeness (QED) is 0.504. The molecule has 152 valence electrons. The van der Waals surface area contributed by atoms with E-state index in [0.717, 1.165) is 11.1 Å². The zero-order valence-electron chi connectivity index (χ0n) is 16.6. The molecule has 1 atom stereocenters. The van der Waals surface area contributed by atoms with E-state index in [9.17, 15) is 14.9 Å². The number of aryl methyl sites for hydroxylation is 2. The summed E-state index contributed by atoms with van der Waals surface area (Å²) >= 11 is 0. The van der Waals surface area contributed by atoms with Gasteiger partial charge in [-0.1, -0.05) is 34.9 Å². The van der Waals surface area contributed by atoms with E-state index in [1.54, 1.807) is 19.1 Å². The van der Waals surface area contributed by atoms with Crippen LogP contribution in [0.5, 0.6) is 0 Å². The molecule has 1 amide bonds. The smallest absolute Gasteiger partial charge is 0.269 e. The van der Waals surface area contributed by atoms with Crippen LogP contribution in [0.3, 0.4) is 0 Å². The normalized spacial score (nSPS) is 15.4. The van der Waals surface area contributed by atoms with E-state index in [4.69, 9.17) is 0 Å². The lowest BCUT2D eigenvalue weighted by molar-refractivity contribution is -0.384. The third-order valence-corrected chi connectivity index (χ3v) is 4.99. The number of rotatable bonds is 4. The Morgan fingerprint density at radius 1 is 1.20 bits per heavy atom. The first-order chi connectivity index (χ1) is 14.3. The molecule has 0 bridgehead atoms. The molecule has 3 aromatic rings. The third-order valence-electron chi connectivity index (χ3n) is 4.99. The number of aromatic nitrogens is 4. The molecule has 0 fully saturated rings. The largest absolute Gasteiger partial charge is 0.326 e. The lowest BCUT2D eigenvalue weighted by Crippen LogP contribution is -2.31. The Bertz CT molecular complexity index is 1200. The molecule has 0 saturated heterocycles. The second-order valence-electron chi connectivity index (χ2n) is 7.14. The number of carbonyl (C=O) groups excluding carboxylic acids is 1. The number of tetrazole rings is 1. The van der Waals surface area contributed by atoms with Crippen molar-refractivity contribution in [3.8, 4) is 0 Å². The van der Waals surface area contributed by atoms with Gasteiger partial charge < -0.3 is 10.6 Å².